The average Bonchev–Trinajstić information content (AvgIpc) is 2.91. The Balaban J connectivity index is 1.78. The summed E-state index contributed by atoms with van der Waals surface area (Å²) >= 11 is 3.48. The molecule has 0 saturated carbocycles. The van der Waals surface area contributed by atoms with Gasteiger partial charge in [0.1, 0.15) is 35.6 Å². The van der Waals surface area contributed by atoms with E-state index in [1.165, 1.54) is 25.3 Å². The van der Waals surface area contributed by atoms with E-state index >= 15 is 0 Å². The van der Waals surface area contributed by atoms with Crippen LogP contribution in [0.2, 0.25) is 0 Å². The zero-order valence-electron chi connectivity index (χ0n) is 20.6. The van der Waals surface area contributed by atoms with E-state index in [1.54, 1.807) is 49.6 Å². The summed E-state index contributed by atoms with van der Waals surface area (Å²) in [4.78, 5) is 12.8. The van der Waals surface area contributed by atoms with Crippen molar-refractivity contribution in [3.63, 3.8) is 0 Å². The van der Waals surface area contributed by atoms with Crippen LogP contribution in [0.3, 0.4) is 0 Å². The average molecular weight is 569 g/mol. The van der Waals surface area contributed by atoms with Crippen LogP contribution in [0.15, 0.2) is 64.6 Å². The maximum absolute atomic E-state index is 13.2. The number of halogens is 2. The van der Waals surface area contributed by atoms with Gasteiger partial charge >= 0.3 is 0 Å². The Morgan fingerprint density at radius 3 is 2.41 bits per heavy atom. The van der Waals surface area contributed by atoms with Crippen LogP contribution in [0.4, 0.5) is 4.39 Å². The summed E-state index contributed by atoms with van der Waals surface area (Å²) in [7, 11) is 3.08. The summed E-state index contributed by atoms with van der Waals surface area (Å²) in [6.07, 6.45) is 1.47. The van der Waals surface area contributed by atoms with Gasteiger partial charge in [0, 0.05) is 22.6 Å². The van der Waals surface area contributed by atoms with Gasteiger partial charge in [-0.15, -0.1) is 0 Å². The van der Waals surface area contributed by atoms with Crippen LogP contribution < -0.4 is 24.3 Å². The van der Waals surface area contributed by atoms with Gasteiger partial charge in [0.05, 0.1) is 20.8 Å². The fraction of sp³-hybridized carbons (Fsp3) is 0.214. The smallest absolute Gasteiger partial charge is 0.262 e. The molecule has 1 amide bonds. The first-order chi connectivity index (χ1) is 17.9. The first kappa shape index (κ1) is 27.6. The van der Waals surface area contributed by atoms with Crippen molar-refractivity contribution in [3.05, 3.63) is 87.2 Å². The van der Waals surface area contributed by atoms with E-state index in [0.29, 0.717) is 39.6 Å². The molecule has 3 aromatic rings. The van der Waals surface area contributed by atoms with Crippen molar-refractivity contribution in [2.75, 3.05) is 20.8 Å². The Bertz CT molecular complexity index is 1320. The highest BCUT2D eigenvalue weighted by atomic mass is 79.9. The van der Waals surface area contributed by atoms with E-state index in [1.807, 2.05) is 13.0 Å². The summed E-state index contributed by atoms with van der Waals surface area (Å²) in [6.45, 7) is 2.59. The van der Waals surface area contributed by atoms with Crippen molar-refractivity contribution < 1.29 is 28.1 Å². The second-order valence-corrected chi connectivity index (χ2v) is 8.55. The predicted octanol–water partition coefficient (Wildman–Crippen LogP) is 5.81. The minimum atomic E-state index is -0.540. The lowest BCUT2D eigenvalue weighted by atomic mass is 10.1. The number of nitrogens with zero attached hydrogens (tertiary/aromatic N) is 1. The monoisotopic (exact) mass is 568 g/mol. The molecule has 0 atom stereocenters. The van der Waals surface area contributed by atoms with Gasteiger partial charge in [0.2, 0.25) is 0 Å². The van der Waals surface area contributed by atoms with Gasteiger partial charge < -0.3 is 24.3 Å². The molecule has 0 aliphatic carbocycles. The van der Waals surface area contributed by atoms with Crippen molar-refractivity contribution in [2.24, 2.45) is 0 Å². The number of hydrogen-bond donors (Lipinski definition) is 1. The van der Waals surface area contributed by atoms with Crippen molar-refractivity contribution in [3.8, 4) is 29.1 Å². The number of nitriles is 1. The fourth-order valence-corrected chi connectivity index (χ4v) is 3.79. The van der Waals surface area contributed by atoms with Gasteiger partial charge in [-0.25, -0.2) is 4.39 Å². The summed E-state index contributed by atoms with van der Waals surface area (Å²) in [5.41, 5.74) is 2.00. The number of methoxy groups -OCH3 is 2. The Morgan fingerprint density at radius 2 is 1.76 bits per heavy atom. The van der Waals surface area contributed by atoms with Crippen LogP contribution in [-0.2, 0) is 17.9 Å². The van der Waals surface area contributed by atoms with E-state index < -0.39 is 5.91 Å². The van der Waals surface area contributed by atoms with Crippen molar-refractivity contribution in [1.82, 2.24) is 5.32 Å². The molecule has 37 heavy (non-hydrogen) atoms. The normalized spacial score (nSPS) is 10.9. The van der Waals surface area contributed by atoms with Gasteiger partial charge in [0.15, 0.2) is 11.5 Å². The summed E-state index contributed by atoms with van der Waals surface area (Å²) in [6, 6.07) is 16.6. The molecule has 192 valence electrons. The van der Waals surface area contributed by atoms with Crippen LogP contribution in [0, 0.1) is 17.1 Å². The third-order valence-corrected chi connectivity index (χ3v) is 5.96. The highest BCUT2D eigenvalue weighted by Crippen LogP contribution is 2.35. The molecule has 0 aliphatic rings. The molecule has 3 rings (SSSR count). The molecule has 0 unspecified atom stereocenters. The molecule has 0 heterocycles. The molecule has 9 heteroatoms. The van der Waals surface area contributed by atoms with Crippen molar-refractivity contribution >= 4 is 27.9 Å². The molecule has 0 spiro atoms. The van der Waals surface area contributed by atoms with E-state index in [9.17, 15) is 14.4 Å². The van der Waals surface area contributed by atoms with Crippen molar-refractivity contribution in [2.45, 2.75) is 20.1 Å². The lowest BCUT2D eigenvalue weighted by molar-refractivity contribution is -0.117. The Labute approximate surface area is 223 Å². The van der Waals surface area contributed by atoms with E-state index in [4.69, 9.17) is 18.9 Å². The molecule has 0 bridgehead atoms. The lowest BCUT2D eigenvalue weighted by Crippen LogP contribution is -2.24. The Hall–Kier alpha value is -4.03. The SMILES string of the molecule is CCOc1cc(/C=C(\C#N)C(=O)NCc2ccc(OC)cc2OC)c(Br)cc1OCc1ccc(F)cc1. The molecule has 7 nitrogen and oxygen atoms in total. The molecule has 0 aromatic heterocycles. The van der Waals surface area contributed by atoms with Gasteiger partial charge in [-0.2, -0.15) is 5.26 Å². The van der Waals surface area contributed by atoms with E-state index in [-0.39, 0.29) is 24.5 Å². The molecular formula is C28H26BrFN2O5. The minimum Gasteiger partial charge on any atom is -0.497 e. The topological polar surface area (TPSA) is 89.8 Å². The lowest BCUT2D eigenvalue weighted by Gasteiger charge is -2.14. The van der Waals surface area contributed by atoms with Crippen molar-refractivity contribution in [1.29, 1.82) is 5.26 Å². The maximum Gasteiger partial charge on any atom is 0.262 e. The molecule has 1 N–H and O–H groups in total. The summed E-state index contributed by atoms with van der Waals surface area (Å²) in [5.74, 6) is 1.23. The first-order valence-electron chi connectivity index (χ1n) is 11.3. The highest BCUT2D eigenvalue weighted by Gasteiger charge is 2.15. The van der Waals surface area contributed by atoms with Gasteiger partial charge in [-0.05, 0) is 60.5 Å². The van der Waals surface area contributed by atoms with Crippen LogP contribution in [0.25, 0.3) is 6.08 Å². The van der Waals surface area contributed by atoms with Gasteiger partial charge in [-0.3, -0.25) is 4.79 Å². The Morgan fingerprint density at radius 1 is 1.03 bits per heavy atom. The van der Waals surface area contributed by atoms with Crippen LogP contribution in [0.5, 0.6) is 23.0 Å². The zero-order chi connectivity index (χ0) is 26.8. The molecule has 0 fully saturated rings. The van der Waals surface area contributed by atoms with Crippen LogP contribution in [-0.4, -0.2) is 26.7 Å². The van der Waals surface area contributed by atoms with Gasteiger partial charge in [0.25, 0.3) is 5.91 Å². The maximum atomic E-state index is 13.2. The standard InChI is InChI=1S/C28H26BrFN2O5/c1-4-36-26-12-20(24(29)14-27(26)37-17-18-5-8-22(30)9-6-18)11-21(15-31)28(33)32-16-19-7-10-23(34-2)13-25(19)35-3/h5-14H,4,16-17H2,1-3H3,(H,32,33)/b21-11+. The number of hydrogen-bond acceptors (Lipinski definition) is 6. The molecule has 3 aromatic carbocycles. The molecular weight excluding hydrogens is 543 g/mol. The fourth-order valence-electron chi connectivity index (χ4n) is 3.36. The number of benzene rings is 3. The number of amides is 1. The van der Waals surface area contributed by atoms with E-state index in [2.05, 4.69) is 21.2 Å². The molecule has 0 radical (unpaired) electrons. The minimum absolute atomic E-state index is 0.0874. The third kappa shape index (κ3) is 7.48. The summed E-state index contributed by atoms with van der Waals surface area (Å²) in [5, 5.41) is 12.4. The molecule has 0 saturated heterocycles. The predicted molar refractivity (Wildman–Crippen MR) is 141 cm³/mol. The zero-order valence-corrected chi connectivity index (χ0v) is 22.2. The summed E-state index contributed by atoms with van der Waals surface area (Å²) < 4.78 is 35.9. The number of nitrogens with one attached hydrogen (secondary N) is 1. The van der Waals surface area contributed by atoms with Gasteiger partial charge in [-0.1, -0.05) is 28.1 Å². The molecule has 0 aliphatic heterocycles. The van der Waals surface area contributed by atoms with Crippen LogP contribution >= 0.6 is 15.9 Å². The second kappa shape index (κ2) is 13.3. The van der Waals surface area contributed by atoms with E-state index in [0.717, 1.165) is 11.1 Å². The quantitative estimate of drug-likeness (QED) is 0.232. The number of ether oxygens (including phenoxy) is 4. The number of carbonyl (C=O) groups is 1. The second-order valence-electron chi connectivity index (χ2n) is 7.70. The Kier molecular flexibility index (Phi) is 9.92. The third-order valence-electron chi connectivity index (χ3n) is 5.27. The first-order valence-corrected chi connectivity index (χ1v) is 12.1. The van der Waals surface area contributed by atoms with Crippen LogP contribution in [0.1, 0.15) is 23.6 Å². The number of carbonyl (C=O) groups excluding carboxylic acids is 1. The number of rotatable bonds is 11. The highest BCUT2D eigenvalue weighted by molar-refractivity contribution is 9.10. The largest absolute Gasteiger partial charge is 0.497 e.